The Morgan fingerprint density at radius 2 is 1.83 bits per heavy atom. The highest BCUT2D eigenvalue weighted by Gasteiger charge is 2.16. The first kappa shape index (κ1) is 15.3. The van der Waals surface area contributed by atoms with Crippen molar-refractivity contribution >= 4 is 17.5 Å². The molecule has 0 saturated carbocycles. The number of hydrogen-bond donors (Lipinski definition) is 1. The highest BCUT2D eigenvalue weighted by Crippen LogP contribution is 2.13. The molecule has 23 heavy (non-hydrogen) atoms. The Morgan fingerprint density at radius 3 is 2.48 bits per heavy atom. The molecule has 2 aromatic heterocycles. The van der Waals surface area contributed by atoms with Crippen LogP contribution in [0.2, 0.25) is 0 Å². The smallest absolute Gasteiger partial charge is 0.257 e. The molecule has 1 aliphatic heterocycles. The Morgan fingerprint density at radius 1 is 1.13 bits per heavy atom. The summed E-state index contributed by atoms with van der Waals surface area (Å²) < 4.78 is 13.1. The summed E-state index contributed by atoms with van der Waals surface area (Å²) in [7, 11) is 2.08. The lowest BCUT2D eigenvalue weighted by Gasteiger charge is -2.32. The zero-order valence-electron chi connectivity index (χ0n) is 12.7. The Labute approximate surface area is 133 Å². The SMILES string of the molecule is CN1CCN(c2ncc(NC(=O)c3cncc(F)c3)cn2)CC1. The van der Waals surface area contributed by atoms with Crippen molar-refractivity contribution < 1.29 is 9.18 Å². The fourth-order valence-electron chi connectivity index (χ4n) is 2.29. The van der Waals surface area contributed by atoms with Gasteiger partial charge >= 0.3 is 0 Å². The summed E-state index contributed by atoms with van der Waals surface area (Å²) in [4.78, 5) is 28.6. The van der Waals surface area contributed by atoms with E-state index in [1.54, 1.807) is 12.4 Å². The fourth-order valence-corrected chi connectivity index (χ4v) is 2.29. The molecule has 0 atom stereocenters. The molecule has 1 aliphatic rings. The minimum Gasteiger partial charge on any atom is -0.338 e. The lowest BCUT2D eigenvalue weighted by molar-refractivity contribution is 0.102. The van der Waals surface area contributed by atoms with Crippen LogP contribution in [0.25, 0.3) is 0 Å². The molecule has 2 aromatic rings. The van der Waals surface area contributed by atoms with E-state index in [0.29, 0.717) is 11.6 Å². The van der Waals surface area contributed by atoms with Gasteiger partial charge in [-0.2, -0.15) is 0 Å². The molecule has 7 nitrogen and oxygen atoms in total. The van der Waals surface area contributed by atoms with Crippen LogP contribution in [0.3, 0.4) is 0 Å². The Balaban J connectivity index is 1.64. The molecule has 1 fully saturated rings. The molecule has 3 rings (SSSR count). The number of nitrogens with one attached hydrogen (secondary N) is 1. The maximum atomic E-state index is 13.1. The zero-order chi connectivity index (χ0) is 16.2. The number of pyridine rings is 1. The summed E-state index contributed by atoms with van der Waals surface area (Å²) in [6.07, 6.45) is 5.44. The number of carbonyl (C=O) groups is 1. The van der Waals surface area contributed by atoms with E-state index < -0.39 is 11.7 Å². The van der Waals surface area contributed by atoms with Crippen LogP contribution in [-0.2, 0) is 0 Å². The van der Waals surface area contributed by atoms with Crippen molar-refractivity contribution in [3.63, 3.8) is 0 Å². The molecule has 0 spiro atoms. The van der Waals surface area contributed by atoms with Gasteiger partial charge in [-0.25, -0.2) is 14.4 Å². The second kappa shape index (κ2) is 6.66. The van der Waals surface area contributed by atoms with Crippen molar-refractivity contribution in [2.45, 2.75) is 0 Å². The van der Waals surface area contributed by atoms with E-state index in [-0.39, 0.29) is 5.56 Å². The molecular formula is C15H17FN6O. The van der Waals surface area contributed by atoms with Gasteiger partial charge in [0.25, 0.3) is 5.91 Å². The largest absolute Gasteiger partial charge is 0.338 e. The zero-order valence-corrected chi connectivity index (χ0v) is 12.7. The second-order valence-electron chi connectivity index (χ2n) is 5.41. The van der Waals surface area contributed by atoms with E-state index >= 15 is 0 Å². The maximum absolute atomic E-state index is 13.1. The van der Waals surface area contributed by atoms with Gasteiger partial charge in [0.1, 0.15) is 5.82 Å². The molecule has 3 heterocycles. The molecular weight excluding hydrogens is 299 g/mol. The van der Waals surface area contributed by atoms with Gasteiger partial charge < -0.3 is 15.1 Å². The standard InChI is InChI=1S/C15H17FN6O/c1-21-2-4-22(5-3-21)15-18-9-13(10-19-15)20-14(23)11-6-12(16)8-17-7-11/h6-10H,2-5H2,1H3,(H,20,23). The minimum atomic E-state index is -0.556. The Hall–Kier alpha value is -2.61. The van der Waals surface area contributed by atoms with Crippen LogP contribution in [0.4, 0.5) is 16.0 Å². The number of anilines is 2. The number of aromatic nitrogens is 3. The third-order valence-corrected chi connectivity index (χ3v) is 3.65. The predicted octanol–water partition coefficient (Wildman–Crippen LogP) is 1.01. The number of hydrogen-bond acceptors (Lipinski definition) is 6. The van der Waals surface area contributed by atoms with Gasteiger partial charge in [-0.15, -0.1) is 0 Å². The van der Waals surface area contributed by atoms with Crippen LogP contribution in [0.15, 0.2) is 30.9 Å². The minimum absolute atomic E-state index is 0.146. The van der Waals surface area contributed by atoms with Gasteiger partial charge in [-0.3, -0.25) is 9.78 Å². The molecule has 8 heteroatoms. The third-order valence-electron chi connectivity index (χ3n) is 3.65. The third kappa shape index (κ3) is 3.78. The summed E-state index contributed by atoms with van der Waals surface area (Å²) in [6, 6.07) is 1.13. The van der Waals surface area contributed by atoms with E-state index in [4.69, 9.17) is 0 Å². The maximum Gasteiger partial charge on any atom is 0.257 e. The van der Waals surface area contributed by atoms with E-state index in [2.05, 4.69) is 37.1 Å². The first-order chi connectivity index (χ1) is 11.1. The van der Waals surface area contributed by atoms with E-state index in [9.17, 15) is 9.18 Å². The summed E-state index contributed by atoms with van der Waals surface area (Å²) in [5, 5.41) is 2.63. The van der Waals surface area contributed by atoms with Crippen LogP contribution >= 0.6 is 0 Å². The summed E-state index contributed by atoms with van der Waals surface area (Å²) >= 11 is 0. The number of carbonyl (C=O) groups excluding carboxylic acids is 1. The molecule has 120 valence electrons. The summed E-state index contributed by atoms with van der Waals surface area (Å²) in [6.45, 7) is 3.68. The van der Waals surface area contributed by atoms with Crippen molar-refractivity contribution in [3.8, 4) is 0 Å². The lowest BCUT2D eigenvalue weighted by atomic mass is 10.2. The molecule has 0 unspecified atom stereocenters. The van der Waals surface area contributed by atoms with Crippen LogP contribution in [0, 0.1) is 5.82 Å². The molecule has 1 saturated heterocycles. The molecule has 0 bridgehead atoms. The number of piperazine rings is 1. The molecule has 1 N–H and O–H groups in total. The van der Waals surface area contributed by atoms with Gasteiger partial charge in [0.05, 0.1) is 29.8 Å². The number of likely N-dealkylation sites (N-methyl/N-ethyl adjacent to an activating group) is 1. The monoisotopic (exact) mass is 316 g/mol. The summed E-state index contributed by atoms with van der Waals surface area (Å²) in [5.41, 5.74) is 0.602. The highest BCUT2D eigenvalue weighted by atomic mass is 19.1. The van der Waals surface area contributed by atoms with Crippen molar-refractivity contribution in [1.29, 1.82) is 0 Å². The second-order valence-corrected chi connectivity index (χ2v) is 5.41. The van der Waals surface area contributed by atoms with Gasteiger partial charge in [0, 0.05) is 32.4 Å². The first-order valence-corrected chi connectivity index (χ1v) is 7.29. The summed E-state index contributed by atoms with van der Waals surface area (Å²) in [5.74, 6) is -0.365. The number of amides is 1. The van der Waals surface area contributed by atoms with Crippen LogP contribution in [-0.4, -0.2) is 59.0 Å². The normalized spacial score (nSPS) is 15.5. The van der Waals surface area contributed by atoms with Gasteiger partial charge in [0.15, 0.2) is 0 Å². The topological polar surface area (TPSA) is 74.2 Å². The average Bonchev–Trinajstić information content (AvgIpc) is 2.56. The van der Waals surface area contributed by atoms with Crippen LogP contribution in [0.1, 0.15) is 10.4 Å². The van der Waals surface area contributed by atoms with E-state index in [1.165, 1.54) is 6.20 Å². The Kier molecular flexibility index (Phi) is 4.42. The first-order valence-electron chi connectivity index (χ1n) is 7.29. The van der Waals surface area contributed by atoms with Crippen molar-refractivity contribution in [2.24, 2.45) is 0 Å². The van der Waals surface area contributed by atoms with Gasteiger partial charge in [0.2, 0.25) is 5.95 Å². The fraction of sp³-hybridized carbons (Fsp3) is 0.333. The molecule has 1 amide bonds. The Bertz CT molecular complexity index is 685. The highest BCUT2D eigenvalue weighted by molar-refractivity contribution is 6.03. The van der Waals surface area contributed by atoms with Crippen molar-refractivity contribution in [3.05, 3.63) is 42.2 Å². The van der Waals surface area contributed by atoms with Crippen molar-refractivity contribution in [2.75, 3.05) is 43.4 Å². The number of rotatable bonds is 3. The van der Waals surface area contributed by atoms with Crippen LogP contribution < -0.4 is 10.2 Å². The van der Waals surface area contributed by atoms with E-state index in [1.807, 2.05) is 0 Å². The van der Waals surface area contributed by atoms with Gasteiger partial charge in [-0.05, 0) is 13.1 Å². The lowest BCUT2D eigenvalue weighted by Crippen LogP contribution is -2.45. The number of halogens is 1. The van der Waals surface area contributed by atoms with Gasteiger partial charge in [-0.1, -0.05) is 0 Å². The van der Waals surface area contributed by atoms with Crippen LogP contribution in [0.5, 0.6) is 0 Å². The number of nitrogens with zero attached hydrogens (tertiary/aromatic N) is 5. The molecule has 0 aromatic carbocycles. The predicted molar refractivity (Wildman–Crippen MR) is 83.9 cm³/mol. The van der Waals surface area contributed by atoms with E-state index in [0.717, 1.165) is 38.4 Å². The average molecular weight is 316 g/mol. The quantitative estimate of drug-likeness (QED) is 0.911. The van der Waals surface area contributed by atoms with Crippen molar-refractivity contribution in [1.82, 2.24) is 19.9 Å². The molecule has 0 aliphatic carbocycles. The molecule has 0 radical (unpaired) electrons.